The normalized spacial score (nSPS) is 15.6. The molecule has 0 saturated heterocycles. The average Bonchev–Trinajstić information content (AvgIpc) is 3.14. The molecule has 0 heterocycles. The van der Waals surface area contributed by atoms with Crippen LogP contribution in [0.4, 0.5) is 0 Å². The van der Waals surface area contributed by atoms with Crippen molar-refractivity contribution < 1.29 is 9.47 Å². The van der Waals surface area contributed by atoms with Gasteiger partial charge in [-0.1, -0.05) is 49.2 Å². The highest BCUT2D eigenvalue weighted by Gasteiger charge is 2.24. The molecule has 0 unspecified atom stereocenters. The van der Waals surface area contributed by atoms with Gasteiger partial charge in [0, 0.05) is 6.04 Å². The predicted octanol–water partition coefficient (Wildman–Crippen LogP) is 4.89. The molecule has 0 amide bonds. The molecular formula is C20H26ClNO2. The molecule has 3 rings (SSSR count). The van der Waals surface area contributed by atoms with E-state index in [9.17, 15) is 0 Å². The predicted molar refractivity (Wildman–Crippen MR) is 99.9 cm³/mol. The van der Waals surface area contributed by atoms with Crippen molar-refractivity contribution >= 4 is 12.4 Å². The number of nitrogens with two attached hydrogens (primary N) is 1. The Labute approximate surface area is 150 Å². The van der Waals surface area contributed by atoms with Crippen LogP contribution in [0.2, 0.25) is 0 Å². The van der Waals surface area contributed by atoms with Crippen LogP contribution in [0.5, 0.6) is 11.5 Å². The first-order valence-corrected chi connectivity index (χ1v) is 8.38. The lowest BCUT2D eigenvalue weighted by Gasteiger charge is -2.21. The van der Waals surface area contributed by atoms with Crippen LogP contribution in [0.3, 0.4) is 0 Å². The molecule has 0 radical (unpaired) electrons. The summed E-state index contributed by atoms with van der Waals surface area (Å²) in [5.74, 6) is 2.11. The Morgan fingerprint density at radius 2 is 1.75 bits per heavy atom. The average molecular weight is 348 g/mol. The summed E-state index contributed by atoms with van der Waals surface area (Å²) in [6, 6.07) is 16.3. The van der Waals surface area contributed by atoms with E-state index in [1.54, 1.807) is 7.11 Å². The monoisotopic (exact) mass is 347 g/mol. The molecule has 4 heteroatoms. The van der Waals surface area contributed by atoms with E-state index in [1.807, 2.05) is 30.3 Å². The maximum Gasteiger partial charge on any atom is 0.161 e. The Morgan fingerprint density at radius 3 is 2.42 bits per heavy atom. The van der Waals surface area contributed by atoms with Gasteiger partial charge in [-0.2, -0.15) is 0 Å². The third kappa shape index (κ3) is 4.43. The van der Waals surface area contributed by atoms with E-state index in [1.165, 1.54) is 25.7 Å². The summed E-state index contributed by atoms with van der Waals surface area (Å²) in [5.41, 5.74) is 8.75. The van der Waals surface area contributed by atoms with Crippen molar-refractivity contribution in [3.63, 3.8) is 0 Å². The minimum Gasteiger partial charge on any atom is -0.493 e. The minimum absolute atomic E-state index is 0. The zero-order valence-corrected chi connectivity index (χ0v) is 14.9. The summed E-state index contributed by atoms with van der Waals surface area (Å²) in [6.07, 6.45) is 5.05. The highest BCUT2D eigenvalue weighted by Crippen LogP contribution is 2.37. The van der Waals surface area contributed by atoms with Gasteiger partial charge >= 0.3 is 0 Å². The molecule has 1 fully saturated rings. The molecule has 0 aliphatic heterocycles. The van der Waals surface area contributed by atoms with Gasteiger partial charge < -0.3 is 15.2 Å². The van der Waals surface area contributed by atoms with E-state index in [2.05, 4.69) is 18.2 Å². The molecule has 1 aliphatic carbocycles. The molecule has 130 valence electrons. The van der Waals surface area contributed by atoms with Crippen LogP contribution >= 0.6 is 12.4 Å². The van der Waals surface area contributed by atoms with Crippen LogP contribution < -0.4 is 15.2 Å². The van der Waals surface area contributed by atoms with E-state index >= 15 is 0 Å². The van der Waals surface area contributed by atoms with Crippen LogP contribution in [-0.2, 0) is 6.61 Å². The molecule has 0 spiro atoms. The first-order chi connectivity index (χ1) is 11.3. The van der Waals surface area contributed by atoms with Crippen molar-refractivity contribution in [3.8, 4) is 11.5 Å². The first kappa shape index (κ1) is 18.6. The fraction of sp³-hybridized carbons (Fsp3) is 0.400. The number of ether oxygens (including phenoxy) is 2. The summed E-state index contributed by atoms with van der Waals surface area (Å²) in [5, 5.41) is 0. The molecule has 2 aromatic rings. The lowest BCUT2D eigenvalue weighted by Crippen LogP contribution is -2.19. The number of hydrogen-bond donors (Lipinski definition) is 1. The third-order valence-corrected chi connectivity index (χ3v) is 4.72. The van der Waals surface area contributed by atoms with Crippen LogP contribution in [0, 0.1) is 5.92 Å². The Kier molecular flexibility index (Phi) is 6.95. The van der Waals surface area contributed by atoms with Crippen molar-refractivity contribution in [1.29, 1.82) is 0 Å². The molecular weight excluding hydrogens is 322 g/mol. The largest absolute Gasteiger partial charge is 0.493 e. The number of methoxy groups -OCH3 is 1. The summed E-state index contributed by atoms with van der Waals surface area (Å²) in [7, 11) is 1.67. The second-order valence-corrected chi connectivity index (χ2v) is 6.25. The zero-order chi connectivity index (χ0) is 16.1. The summed E-state index contributed by atoms with van der Waals surface area (Å²) >= 11 is 0. The zero-order valence-electron chi connectivity index (χ0n) is 14.1. The SMILES string of the molecule is COc1ccc([C@H](N)C2CCCC2)cc1OCc1ccccc1.Cl. The minimum atomic E-state index is 0. The number of halogens is 1. The fourth-order valence-corrected chi connectivity index (χ4v) is 3.34. The van der Waals surface area contributed by atoms with Crippen LogP contribution in [0.1, 0.15) is 42.9 Å². The summed E-state index contributed by atoms with van der Waals surface area (Å²) in [4.78, 5) is 0. The molecule has 24 heavy (non-hydrogen) atoms. The Hall–Kier alpha value is -1.71. The topological polar surface area (TPSA) is 44.5 Å². The molecule has 1 saturated carbocycles. The molecule has 0 aromatic heterocycles. The number of rotatable bonds is 6. The highest BCUT2D eigenvalue weighted by atomic mass is 35.5. The third-order valence-electron chi connectivity index (χ3n) is 4.72. The van der Waals surface area contributed by atoms with Gasteiger partial charge in [0.1, 0.15) is 6.61 Å². The summed E-state index contributed by atoms with van der Waals surface area (Å²) < 4.78 is 11.4. The van der Waals surface area contributed by atoms with E-state index in [0.717, 1.165) is 22.6 Å². The summed E-state index contributed by atoms with van der Waals surface area (Å²) in [6.45, 7) is 0.527. The number of hydrogen-bond acceptors (Lipinski definition) is 3. The van der Waals surface area contributed by atoms with E-state index in [-0.39, 0.29) is 18.4 Å². The van der Waals surface area contributed by atoms with Crippen molar-refractivity contribution in [2.45, 2.75) is 38.3 Å². The Bertz CT molecular complexity index is 627. The molecule has 1 aliphatic rings. The second-order valence-electron chi connectivity index (χ2n) is 6.25. The first-order valence-electron chi connectivity index (χ1n) is 8.38. The molecule has 3 nitrogen and oxygen atoms in total. The standard InChI is InChI=1S/C20H25NO2.ClH/c1-22-18-12-11-17(20(21)16-9-5-6-10-16)13-19(18)23-14-15-7-3-2-4-8-15;/h2-4,7-8,11-13,16,20H,5-6,9-10,14,21H2,1H3;1H/t20-;/m1./s1. The van der Waals surface area contributed by atoms with Gasteiger partial charge in [0.2, 0.25) is 0 Å². The van der Waals surface area contributed by atoms with E-state index in [4.69, 9.17) is 15.2 Å². The van der Waals surface area contributed by atoms with E-state index < -0.39 is 0 Å². The lowest BCUT2D eigenvalue weighted by molar-refractivity contribution is 0.283. The van der Waals surface area contributed by atoms with Crippen LogP contribution in [0.25, 0.3) is 0 Å². The Morgan fingerprint density at radius 1 is 1.04 bits per heavy atom. The quantitative estimate of drug-likeness (QED) is 0.809. The molecule has 0 bridgehead atoms. The number of benzene rings is 2. The van der Waals surface area contributed by atoms with Crippen LogP contribution in [0.15, 0.2) is 48.5 Å². The second kappa shape index (κ2) is 8.95. The van der Waals surface area contributed by atoms with Crippen molar-refractivity contribution in [3.05, 3.63) is 59.7 Å². The van der Waals surface area contributed by atoms with Gasteiger partial charge in [0.25, 0.3) is 0 Å². The maximum absolute atomic E-state index is 6.47. The van der Waals surface area contributed by atoms with Crippen molar-refractivity contribution in [1.82, 2.24) is 0 Å². The lowest BCUT2D eigenvalue weighted by atomic mass is 9.92. The van der Waals surface area contributed by atoms with Gasteiger partial charge in [-0.15, -0.1) is 12.4 Å². The van der Waals surface area contributed by atoms with Gasteiger partial charge in [0.15, 0.2) is 11.5 Å². The van der Waals surface area contributed by atoms with Gasteiger partial charge in [0.05, 0.1) is 7.11 Å². The van der Waals surface area contributed by atoms with Crippen LogP contribution in [-0.4, -0.2) is 7.11 Å². The molecule has 2 aromatic carbocycles. The maximum atomic E-state index is 6.47. The fourth-order valence-electron chi connectivity index (χ4n) is 3.34. The smallest absolute Gasteiger partial charge is 0.161 e. The van der Waals surface area contributed by atoms with Gasteiger partial charge in [-0.05, 0) is 42.0 Å². The molecule has 2 N–H and O–H groups in total. The van der Waals surface area contributed by atoms with Gasteiger partial charge in [-0.3, -0.25) is 0 Å². The van der Waals surface area contributed by atoms with Gasteiger partial charge in [-0.25, -0.2) is 0 Å². The Balaban J connectivity index is 0.00000208. The van der Waals surface area contributed by atoms with E-state index in [0.29, 0.717) is 12.5 Å². The molecule has 1 atom stereocenters. The van der Waals surface area contributed by atoms with Crippen molar-refractivity contribution in [2.24, 2.45) is 11.7 Å². The van der Waals surface area contributed by atoms with Crippen molar-refractivity contribution in [2.75, 3.05) is 7.11 Å². The highest BCUT2D eigenvalue weighted by molar-refractivity contribution is 5.85.